The molecule has 0 radical (unpaired) electrons. The zero-order chi connectivity index (χ0) is 19.5. The SMILES string of the molecule is Cc1ccc(Sc2ncccc2C(=O)NCc2nnc3ccccn23)c(C)c1. The first kappa shape index (κ1) is 18.2. The fraction of sp³-hybridized carbons (Fsp3) is 0.143. The Balaban J connectivity index is 1.53. The van der Waals surface area contributed by atoms with E-state index in [2.05, 4.69) is 52.5 Å². The van der Waals surface area contributed by atoms with Crippen LogP contribution in [-0.2, 0) is 6.54 Å². The van der Waals surface area contributed by atoms with Crippen LogP contribution in [0.15, 0.2) is 70.8 Å². The van der Waals surface area contributed by atoms with Gasteiger partial charge in [0.05, 0.1) is 12.1 Å². The Morgan fingerprint density at radius 2 is 2.00 bits per heavy atom. The average Bonchev–Trinajstić information content (AvgIpc) is 3.12. The summed E-state index contributed by atoms with van der Waals surface area (Å²) in [6.07, 6.45) is 3.58. The molecule has 3 heterocycles. The number of hydrogen-bond donors (Lipinski definition) is 1. The summed E-state index contributed by atoms with van der Waals surface area (Å²) in [4.78, 5) is 18.3. The van der Waals surface area contributed by atoms with Crippen LogP contribution in [0.1, 0.15) is 27.3 Å². The van der Waals surface area contributed by atoms with Crippen LogP contribution >= 0.6 is 11.8 Å². The van der Waals surface area contributed by atoms with Gasteiger partial charge in [0, 0.05) is 17.3 Å². The van der Waals surface area contributed by atoms with Gasteiger partial charge < -0.3 is 5.32 Å². The highest BCUT2D eigenvalue weighted by molar-refractivity contribution is 7.99. The molecular formula is C21H19N5OS. The monoisotopic (exact) mass is 389 g/mol. The standard InChI is InChI=1S/C21H19N5OS/c1-14-8-9-17(15(2)12-14)28-21-16(6-5-10-22-21)20(27)23-13-19-25-24-18-7-3-4-11-26(18)19/h3-12H,13H2,1-2H3,(H,23,27). The van der Waals surface area contributed by atoms with Crippen molar-refractivity contribution in [2.75, 3.05) is 0 Å². The van der Waals surface area contributed by atoms with Crippen molar-refractivity contribution in [3.05, 3.63) is 83.4 Å². The van der Waals surface area contributed by atoms with Crippen molar-refractivity contribution >= 4 is 23.3 Å². The van der Waals surface area contributed by atoms with Crippen LogP contribution in [0.2, 0.25) is 0 Å². The molecule has 28 heavy (non-hydrogen) atoms. The summed E-state index contributed by atoms with van der Waals surface area (Å²) in [6.45, 7) is 4.41. The molecule has 0 fully saturated rings. The molecule has 0 bridgehead atoms. The van der Waals surface area contributed by atoms with Crippen molar-refractivity contribution in [2.24, 2.45) is 0 Å². The summed E-state index contributed by atoms with van der Waals surface area (Å²) in [5, 5.41) is 11.9. The van der Waals surface area contributed by atoms with Gasteiger partial charge in [0.1, 0.15) is 5.03 Å². The maximum atomic E-state index is 12.8. The second-order valence-corrected chi connectivity index (χ2v) is 7.49. The number of aryl methyl sites for hydroxylation is 2. The molecule has 4 aromatic rings. The molecule has 0 unspecified atom stereocenters. The first-order valence-corrected chi connectivity index (χ1v) is 9.70. The van der Waals surface area contributed by atoms with Crippen LogP contribution in [0.4, 0.5) is 0 Å². The van der Waals surface area contributed by atoms with Gasteiger partial charge in [-0.3, -0.25) is 9.20 Å². The Hall–Kier alpha value is -3.19. The second-order valence-electron chi connectivity index (χ2n) is 6.45. The van der Waals surface area contributed by atoms with E-state index in [0.717, 1.165) is 16.1 Å². The number of benzene rings is 1. The number of carbonyl (C=O) groups excluding carboxylic acids is 1. The van der Waals surface area contributed by atoms with Gasteiger partial charge in [0.25, 0.3) is 5.91 Å². The van der Waals surface area contributed by atoms with E-state index in [1.54, 1.807) is 18.3 Å². The summed E-state index contributed by atoms with van der Waals surface area (Å²) in [5.41, 5.74) is 3.67. The zero-order valence-corrected chi connectivity index (χ0v) is 16.4. The summed E-state index contributed by atoms with van der Waals surface area (Å²) >= 11 is 1.50. The largest absolute Gasteiger partial charge is 0.345 e. The number of nitrogens with zero attached hydrogens (tertiary/aromatic N) is 4. The van der Waals surface area contributed by atoms with Crippen LogP contribution in [0.25, 0.3) is 5.65 Å². The minimum Gasteiger partial charge on any atom is -0.345 e. The molecule has 0 aliphatic carbocycles. The van der Waals surface area contributed by atoms with E-state index in [1.165, 1.54) is 17.3 Å². The van der Waals surface area contributed by atoms with Gasteiger partial charge in [-0.05, 0) is 49.7 Å². The third-order valence-corrected chi connectivity index (χ3v) is 5.54. The molecule has 0 saturated carbocycles. The summed E-state index contributed by atoms with van der Waals surface area (Å²) in [7, 11) is 0. The molecule has 0 aliphatic heterocycles. The van der Waals surface area contributed by atoms with Gasteiger partial charge in [0.15, 0.2) is 11.5 Å². The highest BCUT2D eigenvalue weighted by Gasteiger charge is 2.15. The van der Waals surface area contributed by atoms with Crippen molar-refractivity contribution < 1.29 is 4.79 Å². The van der Waals surface area contributed by atoms with Crippen molar-refractivity contribution in [3.63, 3.8) is 0 Å². The summed E-state index contributed by atoms with van der Waals surface area (Å²) in [5.74, 6) is 0.490. The van der Waals surface area contributed by atoms with Crippen LogP contribution in [-0.4, -0.2) is 25.5 Å². The predicted molar refractivity (Wildman–Crippen MR) is 108 cm³/mol. The third-order valence-electron chi connectivity index (χ3n) is 4.34. The van der Waals surface area contributed by atoms with Crippen LogP contribution in [0.5, 0.6) is 0 Å². The van der Waals surface area contributed by atoms with E-state index < -0.39 is 0 Å². The number of rotatable bonds is 5. The maximum Gasteiger partial charge on any atom is 0.254 e. The van der Waals surface area contributed by atoms with Crippen LogP contribution in [0.3, 0.4) is 0 Å². The van der Waals surface area contributed by atoms with Gasteiger partial charge in [-0.2, -0.15) is 0 Å². The Morgan fingerprint density at radius 3 is 2.86 bits per heavy atom. The number of amides is 1. The van der Waals surface area contributed by atoms with Crippen molar-refractivity contribution in [1.29, 1.82) is 0 Å². The Labute approximate surface area is 167 Å². The number of fused-ring (bicyclic) bond motifs is 1. The number of hydrogen-bond acceptors (Lipinski definition) is 5. The van der Waals surface area contributed by atoms with Gasteiger partial charge >= 0.3 is 0 Å². The van der Waals surface area contributed by atoms with Crippen molar-refractivity contribution in [2.45, 2.75) is 30.3 Å². The third kappa shape index (κ3) is 3.75. The fourth-order valence-electron chi connectivity index (χ4n) is 2.93. The number of aromatic nitrogens is 4. The van der Waals surface area contributed by atoms with E-state index in [-0.39, 0.29) is 12.5 Å². The van der Waals surface area contributed by atoms with E-state index >= 15 is 0 Å². The molecule has 6 nitrogen and oxygen atoms in total. The van der Waals surface area contributed by atoms with E-state index in [9.17, 15) is 4.79 Å². The minimum atomic E-state index is -0.187. The van der Waals surface area contributed by atoms with Crippen LogP contribution in [0, 0.1) is 13.8 Å². The number of pyridine rings is 2. The Bertz CT molecular complexity index is 1150. The van der Waals surface area contributed by atoms with E-state index in [0.29, 0.717) is 16.4 Å². The number of carbonyl (C=O) groups is 1. The minimum absolute atomic E-state index is 0.187. The summed E-state index contributed by atoms with van der Waals surface area (Å²) in [6, 6.07) is 15.5. The van der Waals surface area contributed by atoms with Crippen molar-refractivity contribution in [3.8, 4) is 0 Å². The lowest BCUT2D eigenvalue weighted by molar-refractivity contribution is 0.0946. The van der Waals surface area contributed by atoms with E-state index in [1.807, 2.05) is 28.8 Å². The predicted octanol–water partition coefficient (Wildman–Crippen LogP) is 3.82. The Kier molecular flexibility index (Phi) is 5.08. The fourth-order valence-corrected chi connectivity index (χ4v) is 3.88. The molecule has 0 atom stereocenters. The van der Waals surface area contributed by atoms with Gasteiger partial charge in [0.2, 0.25) is 0 Å². The maximum absolute atomic E-state index is 12.8. The quantitative estimate of drug-likeness (QED) is 0.562. The molecule has 4 rings (SSSR count). The van der Waals surface area contributed by atoms with E-state index in [4.69, 9.17) is 0 Å². The molecule has 140 valence electrons. The summed E-state index contributed by atoms with van der Waals surface area (Å²) < 4.78 is 1.86. The molecular weight excluding hydrogens is 370 g/mol. The molecule has 1 aromatic carbocycles. The van der Waals surface area contributed by atoms with Crippen LogP contribution < -0.4 is 5.32 Å². The highest BCUT2D eigenvalue weighted by atomic mass is 32.2. The number of nitrogens with one attached hydrogen (secondary N) is 1. The average molecular weight is 389 g/mol. The van der Waals surface area contributed by atoms with Crippen molar-refractivity contribution in [1.82, 2.24) is 24.9 Å². The lowest BCUT2D eigenvalue weighted by Gasteiger charge is -2.10. The Morgan fingerprint density at radius 1 is 1.11 bits per heavy atom. The molecule has 0 aliphatic rings. The second kappa shape index (κ2) is 7.82. The zero-order valence-electron chi connectivity index (χ0n) is 15.6. The van der Waals surface area contributed by atoms with Gasteiger partial charge in [-0.1, -0.05) is 35.5 Å². The molecule has 1 N–H and O–H groups in total. The first-order chi connectivity index (χ1) is 13.6. The first-order valence-electron chi connectivity index (χ1n) is 8.89. The molecule has 0 spiro atoms. The topological polar surface area (TPSA) is 72.2 Å². The molecule has 1 amide bonds. The highest BCUT2D eigenvalue weighted by Crippen LogP contribution is 2.31. The molecule has 3 aromatic heterocycles. The molecule has 0 saturated heterocycles. The molecule has 7 heteroatoms. The lowest BCUT2D eigenvalue weighted by atomic mass is 10.2. The lowest BCUT2D eigenvalue weighted by Crippen LogP contribution is -2.24. The van der Waals surface area contributed by atoms with Gasteiger partial charge in [-0.25, -0.2) is 4.98 Å². The normalized spacial score (nSPS) is 10.9. The van der Waals surface area contributed by atoms with Gasteiger partial charge in [-0.15, -0.1) is 10.2 Å². The smallest absolute Gasteiger partial charge is 0.254 e.